The Morgan fingerprint density at radius 2 is 2.00 bits per heavy atom. The highest BCUT2D eigenvalue weighted by Crippen LogP contribution is 2.28. The van der Waals surface area contributed by atoms with Crippen LogP contribution in [0.25, 0.3) is 0 Å². The minimum absolute atomic E-state index is 0.0667. The van der Waals surface area contributed by atoms with Gasteiger partial charge in [0.05, 0.1) is 11.4 Å². The SMILES string of the molecule is Cc1ccc(SCC(=O)Nc2ccc(Br)cc2Br)c(N)c1. The molecular formula is C15H14Br2N2OS. The molecule has 0 bridgehead atoms. The lowest BCUT2D eigenvalue weighted by Crippen LogP contribution is -2.14. The average molecular weight is 430 g/mol. The van der Waals surface area contributed by atoms with E-state index in [2.05, 4.69) is 37.2 Å². The maximum absolute atomic E-state index is 12.0. The molecule has 2 rings (SSSR count). The molecule has 0 spiro atoms. The molecule has 0 heterocycles. The molecule has 0 fully saturated rings. The van der Waals surface area contributed by atoms with Crippen molar-refractivity contribution >= 4 is 60.9 Å². The summed E-state index contributed by atoms with van der Waals surface area (Å²) in [6, 6.07) is 11.5. The van der Waals surface area contributed by atoms with E-state index in [4.69, 9.17) is 5.73 Å². The minimum Gasteiger partial charge on any atom is -0.398 e. The van der Waals surface area contributed by atoms with Gasteiger partial charge in [-0.1, -0.05) is 22.0 Å². The predicted octanol–water partition coefficient (Wildman–Crippen LogP) is 4.83. The second-order valence-corrected chi connectivity index (χ2v) is 7.29. The molecule has 0 aliphatic rings. The molecule has 0 aliphatic heterocycles. The Morgan fingerprint density at radius 3 is 2.67 bits per heavy atom. The van der Waals surface area contributed by atoms with Crippen molar-refractivity contribution in [1.82, 2.24) is 0 Å². The summed E-state index contributed by atoms with van der Waals surface area (Å²) >= 11 is 8.23. The van der Waals surface area contributed by atoms with Crippen LogP contribution in [0.15, 0.2) is 50.2 Å². The van der Waals surface area contributed by atoms with Crippen molar-refractivity contribution in [2.24, 2.45) is 0 Å². The topological polar surface area (TPSA) is 55.1 Å². The van der Waals surface area contributed by atoms with Crippen LogP contribution in [-0.2, 0) is 4.79 Å². The Labute approximate surface area is 144 Å². The van der Waals surface area contributed by atoms with Gasteiger partial charge in [-0.15, -0.1) is 11.8 Å². The van der Waals surface area contributed by atoms with Gasteiger partial charge in [0.2, 0.25) is 5.91 Å². The van der Waals surface area contributed by atoms with Gasteiger partial charge in [-0.05, 0) is 58.7 Å². The number of benzene rings is 2. The molecule has 3 N–H and O–H groups in total. The zero-order valence-corrected chi connectivity index (χ0v) is 15.3. The van der Waals surface area contributed by atoms with E-state index in [1.807, 2.05) is 43.3 Å². The first-order valence-corrected chi connectivity index (χ1v) is 8.76. The summed E-state index contributed by atoms with van der Waals surface area (Å²) in [6.45, 7) is 1.99. The molecule has 2 aromatic carbocycles. The molecule has 0 saturated heterocycles. The third kappa shape index (κ3) is 4.76. The Bertz CT molecular complexity index is 677. The highest BCUT2D eigenvalue weighted by atomic mass is 79.9. The number of aryl methyl sites for hydroxylation is 1. The maximum atomic E-state index is 12.0. The number of hydrogen-bond donors (Lipinski definition) is 2. The fourth-order valence-corrected chi connectivity index (χ4v) is 3.61. The molecule has 6 heteroatoms. The van der Waals surface area contributed by atoms with Crippen LogP contribution < -0.4 is 11.1 Å². The van der Waals surface area contributed by atoms with Gasteiger partial charge in [0.25, 0.3) is 0 Å². The van der Waals surface area contributed by atoms with Crippen molar-refractivity contribution in [1.29, 1.82) is 0 Å². The van der Waals surface area contributed by atoms with Crippen molar-refractivity contribution in [2.45, 2.75) is 11.8 Å². The first kappa shape index (κ1) is 16.4. The molecular weight excluding hydrogens is 416 g/mol. The van der Waals surface area contributed by atoms with Gasteiger partial charge in [0.15, 0.2) is 0 Å². The second-order valence-electron chi connectivity index (χ2n) is 4.50. The summed E-state index contributed by atoms with van der Waals surface area (Å²) in [5.41, 5.74) is 8.50. The summed E-state index contributed by atoms with van der Waals surface area (Å²) in [7, 11) is 0. The van der Waals surface area contributed by atoms with E-state index in [0.29, 0.717) is 11.4 Å². The molecule has 0 aliphatic carbocycles. The fraction of sp³-hybridized carbons (Fsp3) is 0.133. The van der Waals surface area contributed by atoms with Crippen LogP contribution in [0, 0.1) is 6.92 Å². The quantitative estimate of drug-likeness (QED) is 0.540. The number of thioether (sulfide) groups is 1. The lowest BCUT2D eigenvalue weighted by Gasteiger charge is -2.09. The number of nitrogen functional groups attached to an aromatic ring is 1. The molecule has 0 unspecified atom stereocenters. The molecule has 21 heavy (non-hydrogen) atoms. The standard InChI is InChI=1S/C15H14Br2N2OS/c1-9-2-5-14(12(18)6-9)21-8-15(20)19-13-4-3-10(16)7-11(13)17/h2-7H,8,18H2,1H3,(H,19,20). The molecule has 110 valence electrons. The number of carbonyl (C=O) groups is 1. The van der Waals surface area contributed by atoms with Gasteiger partial charge in [0, 0.05) is 19.5 Å². The molecule has 0 radical (unpaired) electrons. The molecule has 1 amide bonds. The van der Waals surface area contributed by atoms with Crippen molar-refractivity contribution in [3.63, 3.8) is 0 Å². The summed E-state index contributed by atoms with van der Waals surface area (Å²) in [6.07, 6.45) is 0. The van der Waals surface area contributed by atoms with E-state index >= 15 is 0 Å². The number of anilines is 2. The lowest BCUT2D eigenvalue weighted by molar-refractivity contribution is -0.113. The smallest absolute Gasteiger partial charge is 0.234 e. The number of carbonyl (C=O) groups excluding carboxylic acids is 1. The van der Waals surface area contributed by atoms with Gasteiger partial charge in [-0.25, -0.2) is 0 Å². The number of amides is 1. The number of halogens is 2. The Kier molecular flexibility index (Phi) is 5.72. The van der Waals surface area contributed by atoms with Crippen LogP contribution in [0.2, 0.25) is 0 Å². The third-order valence-corrected chi connectivity index (χ3v) is 4.97. The van der Waals surface area contributed by atoms with Gasteiger partial charge >= 0.3 is 0 Å². The third-order valence-electron chi connectivity index (χ3n) is 2.73. The van der Waals surface area contributed by atoms with Crippen LogP contribution in [0.3, 0.4) is 0 Å². The Balaban J connectivity index is 1.96. The Hall–Kier alpha value is -0.980. The van der Waals surface area contributed by atoms with E-state index in [1.165, 1.54) is 11.8 Å². The summed E-state index contributed by atoms with van der Waals surface area (Å²) in [5, 5.41) is 2.87. The second kappa shape index (κ2) is 7.33. The van der Waals surface area contributed by atoms with Crippen molar-refractivity contribution in [3.05, 3.63) is 50.9 Å². The summed E-state index contributed by atoms with van der Waals surface area (Å²) < 4.78 is 1.79. The first-order valence-electron chi connectivity index (χ1n) is 6.19. The molecule has 0 atom stereocenters. The molecule has 0 aromatic heterocycles. The van der Waals surface area contributed by atoms with Gasteiger partial charge in [-0.2, -0.15) is 0 Å². The molecule has 2 aromatic rings. The van der Waals surface area contributed by atoms with Crippen molar-refractivity contribution < 1.29 is 4.79 Å². The number of nitrogens with two attached hydrogens (primary N) is 1. The maximum Gasteiger partial charge on any atom is 0.234 e. The fourth-order valence-electron chi connectivity index (χ4n) is 1.72. The zero-order valence-electron chi connectivity index (χ0n) is 11.3. The van der Waals surface area contributed by atoms with E-state index in [-0.39, 0.29) is 5.91 Å². The van der Waals surface area contributed by atoms with E-state index in [0.717, 1.165) is 25.1 Å². The highest BCUT2D eigenvalue weighted by molar-refractivity contribution is 9.11. The number of nitrogens with one attached hydrogen (secondary N) is 1. The van der Waals surface area contributed by atoms with Crippen molar-refractivity contribution in [2.75, 3.05) is 16.8 Å². The number of hydrogen-bond acceptors (Lipinski definition) is 3. The van der Waals surface area contributed by atoms with Crippen molar-refractivity contribution in [3.8, 4) is 0 Å². The predicted molar refractivity (Wildman–Crippen MR) is 96.8 cm³/mol. The summed E-state index contributed by atoms with van der Waals surface area (Å²) in [4.78, 5) is 12.9. The molecule has 3 nitrogen and oxygen atoms in total. The normalized spacial score (nSPS) is 10.4. The van der Waals surface area contributed by atoms with E-state index in [1.54, 1.807) is 0 Å². The van der Waals surface area contributed by atoms with Crippen LogP contribution in [-0.4, -0.2) is 11.7 Å². The van der Waals surface area contributed by atoms with E-state index in [9.17, 15) is 4.79 Å². The van der Waals surface area contributed by atoms with Crippen LogP contribution in [0.1, 0.15) is 5.56 Å². The first-order chi connectivity index (χ1) is 9.95. The monoisotopic (exact) mass is 428 g/mol. The Morgan fingerprint density at radius 1 is 1.24 bits per heavy atom. The minimum atomic E-state index is -0.0667. The largest absolute Gasteiger partial charge is 0.398 e. The zero-order chi connectivity index (χ0) is 15.4. The van der Waals surface area contributed by atoms with Gasteiger partial charge in [0.1, 0.15) is 0 Å². The van der Waals surface area contributed by atoms with Gasteiger partial charge in [-0.3, -0.25) is 4.79 Å². The average Bonchev–Trinajstić information content (AvgIpc) is 2.41. The van der Waals surface area contributed by atoms with Crippen LogP contribution in [0.5, 0.6) is 0 Å². The summed E-state index contributed by atoms with van der Waals surface area (Å²) in [5.74, 6) is 0.249. The van der Waals surface area contributed by atoms with E-state index < -0.39 is 0 Å². The highest BCUT2D eigenvalue weighted by Gasteiger charge is 2.08. The number of rotatable bonds is 4. The lowest BCUT2D eigenvalue weighted by atomic mass is 10.2. The van der Waals surface area contributed by atoms with Crippen LogP contribution in [0.4, 0.5) is 11.4 Å². The molecule has 0 saturated carbocycles. The van der Waals surface area contributed by atoms with Crippen LogP contribution >= 0.6 is 43.6 Å². The van der Waals surface area contributed by atoms with Gasteiger partial charge < -0.3 is 11.1 Å².